The molecule has 1 heterocycles. The molecule has 0 aliphatic heterocycles. The fourth-order valence-electron chi connectivity index (χ4n) is 1.13. The average Bonchev–Trinajstić information content (AvgIpc) is 2.47. The van der Waals surface area contributed by atoms with Crippen LogP contribution in [0.5, 0.6) is 0 Å². The zero-order valence-electron chi connectivity index (χ0n) is 8.11. The van der Waals surface area contributed by atoms with Crippen molar-refractivity contribution in [2.24, 2.45) is 7.05 Å². The summed E-state index contributed by atoms with van der Waals surface area (Å²) < 4.78 is 1.85. The zero-order chi connectivity index (χ0) is 9.84. The van der Waals surface area contributed by atoms with Gasteiger partial charge in [0.25, 0.3) is 0 Å². The maximum Gasteiger partial charge on any atom is 0.216 e. The quantitative estimate of drug-likeness (QED) is 0.718. The molecule has 1 unspecified atom stereocenters. The van der Waals surface area contributed by atoms with Crippen LogP contribution >= 0.6 is 0 Å². The number of nitrogens with zero attached hydrogens (tertiary/aromatic N) is 3. The molecule has 1 aromatic rings. The van der Waals surface area contributed by atoms with E-state index in [0.29, 0.717) is 6.54 Å². The number of aromatic nitrogens is 3. The maximum atomic E-state index is 10.6. The van der Waals surface area contributed by atoms with Gasteiger partial charge >= 0.3 is 0 Å². The van der Waals surface area contributed by atoms with Gasteiger partial charge in [-0.05, 0) is 0 Å². The summed E-state index contributed by atoms with van der Waals surface area (Å²) in [6, 6.07) is 0. The largest absolute Gasteiger partial charge is 0.356 e. The van der Waals surface area contributed by atoms with Gasteiger partial charge in [-0.2, -0.15) is 0 Å². The Morgan fingerprint density at radius 3 is 2.92 bits per heavy atom. The molecule has 0 saturated carbocycles. The van der Waals surface area contributed by atoms with Crippen LogP contribution in [0, 0.1) is 0 Å². The molecule has 0 spiro atoms. The van der Waals surface area contributed by atoms with E-state index in [9.17, 15) is 4.79 Å². The van der Waals surface area contributed by atoms with Crippen LogP contribution in [0.25, 0.3) is 0 Å². The van der Waals surface area contributed by atoms with Crippen molar-refractivity contribution in [1.29, 1.82) is 0 Å². The van der Waals surface area contributed by atoms with Crippen LogP contribution in [0.15, 0.2) is 6.33 Å². The number of hydrogen-bond acceptors (Lipinski definition) is 3. The molecule has 5 heteroatoms. The van der Waals surface area contributed by atoms with E-state index in [-0.39, 0.29) is 11.8 Å². The van der Waals surface area contributed by atoms with E-state index in [2.05, 4.69) is 15.5 Å². The molecule has 0 bridgehead atoms. The van der Waals surface area contributed by atoms with Crippen molar-refractivity contribution in [1.82, 2.24) is 20.1 Å². The Hall–Kier alpha value is -1.39. The van der Waals surface area contributed by atoms with Crippen LogP contribution in [0.3, 0.4) is 0 Å². The lowest BCUT2D eigenvalue weighted by Crippen LogP contribution is -2.25. The predicted molar refractivity (Wildman–Crippen MR) is 48.1 cm³/mol. The summed E-state index contributed by atoms with van der Waals surface area (Å²) in [5, 5.41) is 10.5. The maximum absolute atomic E-state index is 10.6. The molecule has 1 atom stereocenters. The van der Waals surface area contributed by atoms with Crippen LogP contribution in [0.1, 0.15) is 25.6 Å². The Morgan fingerprint density at radius 1 is 1.77 bits per heavy atom. The van der Waals surface area contributed by atoms with Crippen LogP contribution in [0.2, 0.25) is 0 Å². The van der Waals surface area contributed by atoms with Crippen LogP contribution < -0.4 is 5.32 Å². The Bertz CT molecular complexity index is 294. The lowest BCUT2D eigenvalue weighted by molar-refractivity contribution is -0.119. The van der Waals surface area contributed by atoms with Crippen molar-refractivity contribution >= 4 is 5.91 Å². The van der Waals surface area contributed by atoms with Gasteiger partial charge in [0.15, 0.2) is 0 Å². The van der Waals surface area contributed by atoms with Crippen molar-refractivity contribution in [2.45, 2.75) is 19.8 Å². The Morgan fingerprint density at radius 2 is 2.46 bits per heavy atom. The van der Waals surface area contributed by atoms with Crippen molar-refractivity contribution in [3.63, 3.8) is 0 Å². The number of carbonyl (C=O) groups excluding carboxylic acids is 1. The van der Waals surface area contributed by atoms with Gasteiger partial charge < -0.3 is 9.88 Å². The van der Waals surface area contributed by atoms with Crippen molar-refractivity contribution in [3.8, 4) is 0 Å². The molecule has 0 aliphatic carbocycles. The summed E-state index contributed by atoms with van der Waals surface area (Å²) in [5.74, 6) is 1.05. The van der Waals surface area contributed by atoms with E-state index in [4.69, 9.17) is 0 Å². The molecule has 0 saturated heterocycles. The molecule has 0 aromatic carbocycles. The van der Waals surface area contributed by atoms with Crippen LogP contribution in [0.4, 0.5) is 0 Å². The van der Waals surface area contributed by atoms with Gasteiger partial charge in [-0.3, -0.25) is 4.79 Å². The summed E-state index contributed by atoms with van der Waals surface area (Å²) in [7, 11) is 1.89. The molecule has 5 nitrogen and oxygen atoms in total. The molecule has 1 N–H and O–H groups in total. The first-order valence-corrected chi connectivity index (χ1v) is 4.19. The van der Waals surface area contributed by atoms with Gasteiger partial charge in [0.2, 0.25) is 5.91 Å². The fraction of sp³-hybridized carbons (Fsp3) is 0.625. The fourth-order valence-corrected chi connectivity index (χ4v) is 1.13. The summed E-state index contributed by atoms with van der Waals surface area (Å²) in [5.41, 5.74) is 0. The lowest BCUT2D eigenvalue weighted by Gasteiger charge is -2.10. The number of rotatable bonds is 3. The van der Waals surface area contributed by atoms with Crippen LogP contribution in [-0.2, 0) is 11.8 Å². The highest BCUT2D eigenvalue weighted by Crippen LogP contribution is 2.08. The van der Waals surface area contributed by atoms with Gasteiger partial charge in [0.05, 0.1) is 0 Å². The number of aryl methyl sites for hydroxylation is 1. The first-order valence-electron chi connectivity index (χ1n) is 4.19. The van der Waals surface area contributed by atoms with Crippen LogP contribution in [-0.4, -0.2) is 27.2 Å². The molecule has 0 fully saturated rings. The molecule has 1 amide bonds. The number of carbonyl (C=O) groups is 1. The first-order chi connectivity index (χ1) is 6.11. The summed E-state index contributed by atoms with van der Waals surface area (Å²) in [4.78, 5) is 10.6. The SMILES string of the molecule is CC(=O)NCC(C)c1nncn1C. The van der Waals surface area contributed by atoms with Gasteiger partial charge in [-0.15, -0.1) is 10.2 Å². The van der Waals surface area contributed by atoms with E-state index >= 15 is 0 Å². The van der Waals surface area contributed by atoms with E-state index in [1.54, 1.807) is 6.33 Å². The molecular weight excluding hydrogens is 168 g/mol. The zero-order valence-corrected chi connectivity index (χ0v) is 8.11. The highest BCUT2D eigenvalue weighted by molar-refractivity contribution is 5.72. The Kier molecular flexibility index (Phi) is 3.00. The summed E-state index contributed by atoms with van der Waals surface area (Å²) in [6.45, 7) is 4.10. The topological polar surface area (TPSA) is 59.8 Å². The highest BCUT2D eigenvalue weighted by atomic mass is 16.1. The molecule has 1 rings (SSSR count). The van der Waals surface area contributed by atoms with Crippen molar-refractivity contribution < 1.29 is 4.79 Å². The normalized spacial score (nSPS) is 12.5. The lowest BCUT2D eigenvalue weighted by atomic mass is 10.1. The first kappa shape index (κ1) is 9.70. The third-order valence-electron chi connectivity index (χ3n) is 1.84. The van der Waals surface area contributed by atoms with Gasteiger partial charge in [-0.25, -0.2) is 0 Å². The average molecular weight is 182 g/mol. The molecule has 0 aliphatic rings. The number of amides is 1. The monoisotopic (exact) mass is 182 g/mol. The predicted octanol–water partition coefficient (Wildman–Crippen LogP) is 0.0547. The van der Waals surface area contributed by atoms with Crippen molar-refractivity contribution in [2.75, 3.05) is 6.54 Å². The minimum atomic E-state index is -0.0194. The highest BCUT2D eigenvalue weighted by Gasteiger charge is 2.10. The molecule has 13 heavy (non-hydrogen) atoms. The second-order valence-corrected chi connectivity index (χ2v) is 3.14. The smallest absolute Gasteiger partial charge is 0.216 e. The number of nitrogens with one attached hydrogen (secondary N) is 1. The Balaban J connectivity index is 2.53. The second kappa shape index (κ2) is 4.02. The molecular formula is C8H14N4O. The van der Waals surface area contributed by atoms with Gasteiger partial charge in [0, 0.05) is 26.4 Å². The molecule has 1 aromatic heterocycles. The second-order valence-electron chi connectivity index (χ2n) is 3.14. The standard InChI is InChI=1S/C8H14N4O/c1-6(4-9-7(2)13)8-11-10-5-12(8)3/h5-6H,4H2,1-3H3,(H,9,13). The minimum Gasteiger partial charge on any atom is -0.356 e. The Labute approximate surface area is 77.2 Å². The summed E-state index contributed by atoms with van der Waals surface area (Å²) >= 11 is 0. The van der Waals surface area contributed by atoms with E-state index in [0.717, 1.165) is 5.82 Å². The third kappa shape index (κ3) is 2.54. The van der Waals surface area contributed by atoms with E-state index in [1.165, 1.54) is 6.92 Å². The van der Waals surface area contributed by atoms with Gasteiger partial charge in [0.1, 0.15) is 12.2 Å². The van der Waals surface area contributed by atoms with E-state index < -0.39 is 0 Å². The molecule has 0 radical (unpaired) electrons. The van der Waals surface area contributed by atoms with Crippen molar-refractivity contribution in [3.05, 3.63) is 12.2 Å². The molecule has 72 valence electrons. The number of hydrogen-bond donors (Lipinski definition) is 1. The summed E-state index contributed by atoms with van der Waals surface area (Å²) in [6.07, 6.45) is 1.65. The minimum absolute atomic E-state index is 0.0194. The van der Waals surface area contributed by atoms with Gasteiger partial charge in [-0.1, -0.05) is 6.92 Å². The third-order valence-corrected chi connectivity index (χ3v) is 1.84. The van der Waals surface area contributed by atoms with E-state index in [1.807, 2.05) is 18.5 Å².